The van der Waals surface area contributed by atoms with Crippen molar-refractivity contribution in [2.24, 2.45) is 5.92 Å². The van der Waals surface area contributed by atoms with Crippen LogP contribution in [0.15, 0.2) is 53.3 Å². The summed E-state index contributed by atoms with van der Waals surface area (Å²) in [6.07, 6.45) is 1.24. The molecule has 2 aliphatic carbocycles. The number of allylic oxidation sites excluding steroid dienone is 1. The van der Waals surface area contributed by atoms with E-state index in [0.29, 0.717) is 31.2 Å². The van der Waals surface area contributed by atoms with Crippen molar-refractivity contribution in [3.63, 3.8) is 0 Å². The minimum Gasteiger partial charge on any atom is -0.493 e. The summed E-state index contributed by atoms with van der Waals surface area (Å²) in [5.74, 6) is -1.04. The van der Waals surface area contributed by atoms with E-state index >= 15 is 0 Å². The molecular formula is C33H48N2O8. The molecule has 2 amide bonds. The highest BCUT2D eigenvalue weighted by molar-refractivity contribution is 5.96. The smallest absolute Gasteiger partial charge is 0.329 e. The Hall–Kier alpha value is -3.21. The van der Waals surface area contributed by atoms with Gasteiger partial charge in [0.2, 0.25) is 0 Å². The Balaban J connectivity index is 1.93. The molecule has 0 heterocycles. The van der Waals surface area contributed by atoms with Crippen LogP contribution >= 0.6 is 0 Å². The van der Waals surface area contributed by atoms with Crippen molar-refractivity contribution >= 4 is 17.8 Å². The lowest BCUT2D eigenvalue weighted by atomic mass is 9.74. The van der Waals surface area contributed by atoms with E-state index in [1.807, 2.05) is 78.0 Å². The quantitative estimate of drug-likeness (QED) is 0.270. The Labute approximate surface area is 255 Å². The van der Waals surface area contributed by atoms with Gasteiger partial charge in [0, 0.05) is 38.5 Å². The first kappa shape index (κ1) is 34.3. The zero-order valence-electron chi connectivity index (χ0n) is 26.6. The number of rotatable bonds is 16. The number of hydrogen-bond donors (Lipinski definition) is 2. The second-order valence-corrected chi connectivity index (χ2v) is 11.2. The van der Waals surface area contributed by atoms with Crippen molar-refractivity contribution in [2.75, 3.05) is 33.0 Å². The number of amides is 2. The Morgan fingerprint density at radius 1 is 1.05 bits per heavy atom. The number of ketones is 1. The molecule has 0 aliphatic heterocycles. The summed E-state index contributed by atoms with van der Waals surface area (Å²) >= 11 is 0. The zero-order chi connectivity index (χ0) is 31.7. The second-order valence-electron chi connectivity index (χ2n) is 11.2. The van der Waals surface area contributed by atoms with E-state index in [2.05, 4.69) is 5.32 Å². The highest BCUT2D eigenvalue weighted by Gasteiger charge is 2.53. The number of ether oxygens (including phenoxy) is 4. The van der Waals surface area contributed by atoms with Crippen molar-refractivity contribution in [2.45, 2.75) is 91.2 Å². The molecule has 1 saturated carbocycles. The predicted octanol–water partition coefficient (Wildman–Crippen LogP) is 5.05. The van der Waals surface area contributed by atoms with Crippen molar-refractivity contribution in [3.8, 4) is 0 Å². The number of carboxylic acids is 1. The van der Waals surface area contributed by atoms with Crippen LogP contribution in [0.4, 0.5) is 4.79 Å². The van der Waals surface area contributed by atoms with Crippen LogP contribution in [0.25, 0.3) is 0 Å². The molecule has 3 rings (SSSR count). The number of nitrogens with one attached hydrogen (secondary N) is 1. The van der Waals surface area contributed by atoms with Crippen LogP contribution in [0.5, 0.6) is 0 Å². The normalized spacial score (nSPS) is 24.8. The van der Waals surface area contributed by atoms with Crippen LogP contribution < -0.4 is 5.32 Å². The number of carboxylic acid groups (broad SMARTS) is 1. The highest BCUT2D eigenvalue weighted by Crippen LogP contribution is 2.38. The van der Waals surface area contributed by atoms with Crippen molar-refractivity contribution in [1.82, 2.24) is 10.2 Å². The van der Waals surface area contributed by atoms with Gasteiger partial charge in [0.1, 0.15) is 11.3 Å². The maximum absolute atomic E-state index is 13.9. The van der Waals surface area contributed by atoms with Crippen molar-refractivity contribution in [1.29, 1.82) is 0 Å². The van der Waals surface area contributed by atoms with E-state index in [-0.39, 0.29) is 49.9 Å². The van der Waals surface area contributed by atoms with E-state index in [4.69, 9.17) is 18.9 Å². The summed E-state index contributed by atoms with van der Waals surface area (Å²) in [5, 5.41) is 12.9. The third-order valence-electron chi connectivity index (χ3n) is 8.34. The van der Waals surface area contributed by atoms with Crippen molar-refractivity contribution in [3.05, 3.63) is 58.9 Å². The van der Waals surface area contributed by atoms with Crippen LogP contribution in [-0.4, -0.2) is 84.6 Å². The van der Waals surface area contributed by atoms with Crippen LogP contribution in [0, 0.1) is 5.92 Å². The second kappa shape index (κ2) is 15.5. The van der Waals surface area contributed by atoms with E-state index in [1.54, 1.807) is 4.90 Å². The number of benzene rings is 1. The molecule has 10 nitrogen and oxygen atoms in total. The van der Waals surface area contributed by atoms with Gasteiger partial charge in [0.25, 0.3) is 0 Å². The molecule has 10 heteroatoms. The van der Waals surface area contributed by atoms with Gasteiger partial charge >= 0.3 is 12.0 Å². The molecule has 2 unspecified atom stereocenters. The molecule has 0 bridgehead atoms. The molecule has 0 spiro atoms. The lowest BCUT2D eigenvalue weighted by Gasteiger charge is -2.46. The van der Waals surface area contributed by atoms with Gasteiger partial charge in [-0.1, -0.05) is 37.3 Å². The number of urea groups is 1. The van der Waals surface area contributed by atoms with E-state index < -0.39 is 29.7 Å². The first-order chi connectivity index (χ1) is 20.5. The Morgan fingerprint density at radius 2 is 1.70 bits per heavy atom. The number of carbonyl (C=O) groups excluding carboxylic acids is 2. The first-order valence-electron chi connectivity index (χ1n) is 15.3. The number of nitrogens with zero attached hydrogens (tertiary/aromatic N) is 1. The van der Waals surface area contributed by atoms with Gasteiger partial charge in [-0.25, -0.2) is 9.59 Å². The topological polar surface area (TPSA) is 124 Å². The predicted molar refractivity (Wildman–Crippen MR) is 163 cm³/mol. The molecule has 2 N–H and O–H groups in total. The van der Waals surface area contributed by atoms with Gasteiger partial charge in [-0.15, -0.1) is 0 Å². The van der Waals surface area contributed by atoms with Gasteiger partial charge < -0.3 is 34.3 Å². The molecule has 238 valence electrons. The van der Waals surface area contributed by atoms with E-state index in [0.717, 1.165) is 11.1 Å². The standard InChI is InChI=1S/C33H48N2O8/c1-8-40-26-19-33(20-26,31(37)38)34-32(39)35(16-17-43-24(7)25-14-12-11-13-15-25)22(5)27-18-28(41-9-2)29(23(6)36)30(21(27)4)42-10-3/h11-15,18,21-22,24,26,30H,8-10,16-17,19-20H2,1-7H3,(H,34,39)(H,37,38)/t21?,22-,24+,26?,30?,33?/m1/s1. The molecule has 0 aromatic heterocycles. The molecule has 2 aliphatic rings. The number of carbonyl (C=O) groups is 3. The Kier molecular flexibility index (Phi) is 12.4. The SMILES string of the molecule is CCOC1=C(C(C)=O)C(OCC)C(C)C([C@@H](C)N(CCO[C@@H](C)c2ccccc2)C(=O)NC2(C(=O)O)CC(OCC)C2)=C1. The van der Waals surface area contributed by atoms with Crippen LogP contribution in [0.2, 0.25) is 0 Å². The summed E-state index contributed by atoms with van der Waals surface area (Å²) in [4.78, 5) is 40.6. The molecular weight excluding hydrogens is 552 g/mol. The molecule has 1 fully saturated rings. The summed E-state index contributed by atoms with van der Waals surface area (Å²) in [6, 6.07) is 8.79. The third kappa shape index (κ3) is 8.04. The molecule has 43 heavy (non-hydrogen) atoms. The maximum Gasteiger partial charge on any atom is 0.329 e. The average molecular weight is 601 g/mol. The van der Waals surface area contributed by atoms with Gasteiger partial charge in [-0.3, -0.25) is 4.79 Å². The molecule has 0 saturated heterocycles. The Morgan fingerprint density at radius 3 is 2.26 bits per heavy atom. The van der Waals surface area contributed by atoms with E-state index in [9.17, 15) is 19.5 Å². The molecule has 0 radical (unpaired) electrons. The first-order valence-corrected chi connectivity index (χ1v) is 15.3. The van der Waals surface area contributed by atoms with Crippen molar-refractivity contribution < 1.29 is 38.4 Å². The zero-order valence-corrected chi connectivity index (χ0v) is 26.6. The van der Waals surface area contributed by atoms with Crippen LogP contribution in [0.1, 0.15) is 73.0 Å². The average Bonchev–Trinajstić information content (AvgIpc) is 2.95. The fourth-order valence-electron chi connectivity index (χ4n) is 5.96. The third-order valence-corrected chi connectivity index (χ3v) is 8.34. The maximum atomic E-state index is 13.9. The van der Waals surface area contributed by atoms with Crippen LogP contribution in [0.3, 0.4) is 0 Å². The van der Waals surface area contributed by atoms with Crippen LogP contribution in [-0.2, 0) is 28.5 Å². The molecule has 1 aromatic rings. The van der Waals surface area contributed by atoms with E-state index in [1.165, 1.54) is 6.92 Å². The summed E-state index contributed by atoms with van der Waals surface area (Å²) in [7, 11) is 0. The minimum atomic E-state index is -1.41. The van der Waals surface area contributed by atoms with Gasteiger partial charge in [0.15, 0.2) is 5.78 Å². The van der Waals surface area contributed by atoms with Gasteiger partial charge in [-0.05, 0) is 58.8 Å². The summed E-state index contributed by atoms with van der Waals surface area (Å²) in [6.45, 7) is 14.5. The number of hydrogen-bond acceptors (Lipinski definition) is 7. The summed E-state index contributed by atoms with van der Waals surface area (Å²) < 4.78 is 23.7. The molecule has 4 atom stereocenters. The Bertz CT molecular complexity index is 1170. The number of aliphatic carboxylic acids is 1. The minimum absolute atomic E-state index is 0.133. The fraction of sp³-hybridized carbons (Fsp3) is 0.606. The monoisotopic (exact) mass is 600 g/mol. The highest BCUT2D eigenvalue weighted by atomic mass is 16.5. The largest absolute Gasteiger partial charge is 0.493 e. The van der Waals surface area contributed by atoms with Gasteiger partial charge in [-0.2, -0.15) is 0 Å². The lowest BCUT2D eigenvalue weighted by molar-refractivity contribution is -0.156. The lowest BCUT2D eigenvalue weighted by Crippen LogP contribution is -2.67. The van der Waals surface area contributed by atoms with Gasteiger partial charge in [0.05, 0.1) is 43.1 Å². The fourth-order valence-corrected chi connectivity index (χ4v) is 5.96. The number of Topliss-reactive ketones (excluding diaryl/α,β-unsaturated/α-hetero) is 1. The summed E-state index contributed by atoms with van der Waals surface area (Å²) in [5.41, 5.74) is 0.915. The molecule has 1 aromatic carbocycles.